The first kappa shape index (κ1) is 20.9. The number of allylic oxidation sites excluding steroid dienone is 3. The fourth-order valence-corrected chi connectivity index (χ4v) is 5.41. The van der Waals surface area contributed by atoms with Crippen LogP contribution in [0.1, 0.15) is 26.2 Å². The van der Waals surface area contributed by atoms with Gasteiger partial charge < -0.3 is 10.5 Å². The Labute approximate surface area is 180 Å². The Kier molecular flexibility index (Phi) is 5.84. The number of aromatic nitrogens is 2. The van der Waals surface area contributed by atoms with Gasteiger partial charge in [0.15, 0.2) is 0 Å². The molecule has 1 aromatic heterocycles. The summed E-state index contributed by atoms with van der Waals surface area (Å²) in [5.74, 6) is -0.691. The third-order valence-corrected chi connectivity index (χ3v) is 7.20. The molecule has 4 rings (SSSR count). The number of aryl methyl sites for hydroxylation is 1. The molecule has 0 saturated carbocycles. The quantitative estimate of drug-likeness (QED) is 0.757. The van der Waals surface area contributed by atoms with E-state index in [0.29, 0.717) is 30.8 Å². The first-order valence-electron chi connectivity index (χ1n) is 10.1. The van der Waals surface area contributed by atoms with Crippen molar-refractivity contribution in [3.63, 3.8) is 0 Å². The Bertz CT molecular complexity index is 998. The van der Waals surface area contributed by atoms with Gasteiger partial charge in [-0.2, -0.15) is 5.10 Å². The number of nitrogens with two attached hydrogens (primary N) is 1. The molecule has 5 nitrogen and oxygen atoms in total. The molecular formula is C23H26FN3O2S. The highest BCUT2D eigenvalue weighted by Gasteiger charge is 2.47. The van der Waals surface area contributed by atoms with Crippen LogP contribution in [0, 0.1) is 11.3 Å². The average Bonchev–Trinajstić information content (AvgIpc) is 3.16. The second-order valence-corrected chi connectivity index (χ2v) is 9.16. The highest BCUT2D eigenvalue weighted by molar-refractivity contribution is 8.03. The zero-order valence-corrected chi connectivity index (χ0v) is 18.0. The molecule has 1 aliphatic carbocycles. The summed E-state index contributed by atoms with van der Waals surface area (Å²) in [7, 11) is 1.90. The van der Waals surface area contributed by atoms with E-state index in [0.717, 1.165) is 16.2 Å². The molecule has 158 valence electrons. The van der Waals surface area contributed by atoms with Crippen molar-refractivity contribution >= 4 is 17.7 Å². The van der Waals surface area contributed by atoms with E-state index in [2.05, 4.69) is 5.10 Å². The van der Waals surface area contributed by atoms with Crippen LogP contribution in [0.15, 0.2) is 64.3 Å². The van der Waals surface area contributed by atoms with Gasteiger partial charge in [-0.15, -0.1) is 0 Å². The van der Waals surface area contributed by atoms with Crippen molar-refractivity contribution in [2.45, 2.75) is 37.2 Å². The van der Waals surface area contributed by atoms with Gasteiger partial charge in [0, 0.05) is 29.7 Å². The topological polar surface area (TPSA) is 70.1 Å². The highest BCUT2D eigenvalue weighted by Crippen LogP contribution is 2.47. The number of carbonyl (C=O) groups excluding carboxylic acids is 1. The Morgan fingerprint density at radius 2 is 2.10 bits per heavy atom. The standard InChI is InChI=1S/C23H26FN3O2S/c1-15-14-23(22(25)28,10-12-29-15)17-5-8-19(24)21(13-17)30-18-6-3-16(4-7-18)20-9-11-26-27(20)2/h3-4,6-9,11,13,15,17H,5,10,12,14H2,1-2H3,(H2,25,28)/t15-,17?,23+/m0/s1. The number of amides is 1. The minimum absolute atomic E-state index is 0.0361. The third-order valence-electron chi connectivity index (χ3n) is 6.14. The van der Waals surface area contributed by atoms with Gasteiger partial charge in [0.05, 0.1) is 17.2 Å². The molecule has 0 spiro atoms. The number of hydrogen-bond acceptors (Lipinski definition) is 4. The number of hydrogen-bond donors (Lipinski definition) is 1. The lowest BCUT2D eigenvalue weighted by molar-refractivity contribution is -0.140. The summed E-state index contributed by atoms with van der Waals surface area (Å²) in [5.41, 5.74) is 7.23. The van der Waals surface area contributed by atoms with Crippen molar-refractivity contribution in [3.8, 4) is 11.3 Å². The Balaban J connectivity index is 1.57. The first-order valence-corrected chi connectivity index (χ1v) is 11.0. The van der Waals surface area contributed by atoms with Gasteiger partial charge in [-0.1, -0.05) is 30.0 Å². The second kappa shape index (κ2) is 8.40. The van der Waals surface area contributed by atoms with E-state index < -0.39 is 5.41 Å². The number of rotatable bonds is 5. The van der Waals surface area contributed by atoms with Gasteiger partial charge in [-0.05, 0) is 61.9 Å². The van der Waals surface area contributed by atoms with E-state index in [1.807, 2.05) is 55.1 Å². The molecule has 1 saturated heterocycles. The molecule has 3 atom stereocenters. The zero-order valence-electron chi connectivity index (χ0n) is 17.2. The van der Waals surface area contributed by atoms with E-state index in [-0.39, 0.29) is 23.8 Å². The van der Waals surface area contributed by atoms with Gasteiger partial charge in [0.2, 0.25) is 5.91 Å². The van der Waals surface area contributed by atoms with Crippen molar-refractivity contribution in [2.24, 2.45) is 24.1 Å². The maximum absolute atomic E-state index is 14.7. The summed E-state index contributed by atoms with van der Waals surface area (Å²) < 4.78 is 22.1. The number of thioether (sulfide) groups is 1. The molecule has 1 aromatic carbocycles. The summed E-state index contributed by atoms with van der Waals surface area (Å²) in [4.78, 5) is 13.9. The van der Waals surface area contributed by atoms with E-state index >= 15 is 0 Å². The lowest BCUT2D eigenvalue weighted by Gasteiger charge is -2.42. The van der Waals surface area contributed by atoms with Crippen LogP contribution in [0.2, 0.25) is 0 Å². The number of ether oxygens (including phenoxy) is 1. The number of primary amides is 1. The molecule has 0 bridgehead atoms. The SMILES string of the molecule is C[C@H]1C[C@@](C(N)=O)(C2C=C(Sc3ccc(-c4ccnn4C)cc3)C(F)=CC2)CCO1. The Morgan fingerprint density at radius 3 is 2.73 bits per heavy atom. The minimum atomic E-state index is -0.690. The van der Waals surface area contributed by atoms with Crippen molar-refractivity contribution in [1.29, 1.82) is 0 Å². The molecular weight excluding hydrogens is 401 g/mol. The molecule has 7 heteroatoms. The summed E-state index contributed by atoms with van der Waals surface area (Å²) >= 11 is 1.37. The van der Waals surface area contributed by atoms with E-state index in [4.69, 9.17) is 10.5 Å². The molecule has 2 aromatic rings. The van der Waals surface area contributed by atoms with Crippen LogP contribution in [0.3, 0.4) is 0 Å². The van der Waals surface area contributed by atoms with Gasteiger partial charge in [-0.25, -0.2) is 4.39 Å². The van der Waals surface area contributed by atoms with Crippen LogP contribution in [0.4, 0.5) is 4.39 Å². The van der Waals surface area contributed by atoms with E-state index in [9.17, 15) is 9.18 Å². The zero-order chi connectivity index (χ0) is 21.3. The second-order valence-electron chi connectivity index (χ2n) is 8.05. The number of carbonyl (C=O) groups is 1. The third kappa shape index (κ3) is 3.96. The molecule has 1 aliphatic heterocycles. The van der Waals surface area contributed by atoms with Crippen LogP contribution in [-0.4, -0.2) is 28.4 Å². The number of nitrogens with zero attached hydrogens (tertiary/aromatic N) is 2. The van der Waals surface area contributed by atoms with Crippen LogP contribution < -0.4 is 5.73 Å². The molecule has 1 amide bonds. The summed E-state index contributed by atoms with van der Waals surface area (Å²) in [6.45, 7) is 2.46. The maximum Gasteiger partial charge on any atom is 0.224 e. The summed E-state index contributed by atoms with van der Waals surface area (Å²) in [5, 5.41) is 4.20. The van der Waals surface area contributed by atoms with E-state index in [1.165, 1.54) is 11.8 Å². The first-order chi connectivity index (χ1) is 14.4. The molecule has 1 unspecified atom stereocenters. The summed E-state index contributed by atoms with van der Waals surface area (Å²) in [6.07, 6.45) is 6.82. The van der Waals surface area contributed by atoms with Gasteiger partial charge in [-0.3, -0.25) is 9.48 Å². The van der Waals surface area contributed by atoms with Crippen LogP contribution in [0.25, 0.3) is 11.3 Å². The average molecular weight is 428 g/mol. The molecule has 1 fully saturated rings. The van der Waals surface area contributed by atoms with Crippen LogP contribution in [0.5, 0.6) is 0 Å². The fraction of sp³-hybridized carbons (Fsp3) is 0.391. The van der Waals surface area contributed by atoms with Crippen molar-refractivity contribution in [2.75, 3.05) is 6.61 Å². The smallest absolute Gasteiger partial charge is 0.224 e. The maximum atomic E-state index is 14.7. The Morgan fingerprint density at radius 1 is 1.33 bits per heavy atom. The largest absolute Gasteiger partial charge is 0.378 e. The van der Waals surface area contributed by atoms with E-state index in [1.54, 1.807) is 12.3 Å². The molecule has 30 heavy (non-hydrogen) atoms. The minimum Gasteiger partial charge on any atom is -0.378 e. The number of halogens is 1. The predicted molar refractivity (Wildman–Crippen MR) is 116 cm³/mol. The normalized spacial score (nSPS) is 26.8. The fourth-order valence-electron chi connectivity index (χ4n) is 4.47. The predicted octanol–water partition coefficient (Wildman–Crippen LogP) is 4.61. The van der Waals surface area contributed by atoms with Crippen molar-refractivity contribution in [1.82, 2.24) is 9.78 Å². The monoisotopic (exact) mass is 427 g/mol. The lowest BCUT2D eigenvalue weighted by atomic mass is 9.65. The van der Waals surface area contributed by atoms with Crippen LogP contribution >= 0.6 is 11.8 Å². The van der Waals surface area contributed by atoms with Crippen LogP contribution in [-0.2, 0) is 16.6 Å². The van der Waals surface area contributed by atoms with Gasteiger partial charge in [0.25, 0.3) is 0 Å². The molecule has 2 N–H and O–H groups in total. The number of benzene rings is 1. The van der Waals surface area contributed by atoms with Gasteiger partial charge >= 0.3 is 0 Å². The highest BCUT2D eigenvalue weighted by atomic mass is 32.2. The van der Waals surface area contributed by atoms with Crippen molar-refractivity contribution in [3.05, 3.63) is 59.4 Å². The lowest BCUT2D eigenvalue weighted by Crippen LogP contribution is -2.48. The van der Waals surface area contributed by atoms with Gasteiger partial charge in [0.1, 0.15) is 5.83 Å². The van der Waals surface area contributed by atoms with Crippen molar-refractivity contribution < 1.29 is 13.9 Å². The Hall–Kier alpha value is -2.38. The molecule has 2 heterocycles. The summed E-state index contributed by atoms with van der Waals surface area (Å²) in [6, 6.07) is 9.92. The molecule has 2 aliphatic rings. The molecule has 0 radical (unpaired) electrons.